The van der Waals surface area contributed by atoms with Crippen molar-refractivity contribution in [1.82, 2.24) is 9.88 Å². The summed E-state index contributed by atoms with van der Waals surface area (Å²) in [6, 6.07) is -0.0697. The average molecular weight is 499 g/mol. The molecule has 2 N–H and O–H groups in total. The molecular formula is C22H28Cl2F4N2O2. The predicted molar refractivity (Wildman–Crippen MR) is 115 cm³/mol. The molecule has 0 bridgehead atoms. The average Bonchev–Trinajstić information content (AvgIpc) is 2.74. The monoisotopic (exact) mass is 498 g/mol. The van der Waals surface area contributed by atoms with Crippen LogP contribution in [0.2, 0.25) is 10.0 Å². The van der Waals surface area contributed by atoms with Crippen molar-refractivity contribution < 1.29 is 27.8 Å². The third-order valence-corrected chi connectivity index (χ3v) is 7.82. The first-order valence-corrected chi connectivity index (χ1v) is 11.5. The Morgan fingerprint density at radius 3 is 2.56 bits per heavy atom. The van der Waals surface area contributed by atoms with Gasteiger partial charge in [-0.3, -0.25) is 4.98 Å². The maximum Gasteiger partial charge on any atom is 0.414 e. The predicted octanol–water partition coefficient (Wildman–Crippen LogP) is 5.50. The Morgan fingerprint density at radius 1 is 1.25 bits per heavy atom. The van der Waals surface area contributed by atoms with Gasteiger partial charge in [0.2, 0.25) is 0 Å². The molecule has 0 radical (unpaired) electrons. The van der Waals surface area contributed by atoms with Crippen LogP contribution >= 0.6 is 23.2 Å². The van der Waals surface area contributed by atoms with E-state index in [4.69, 9.17) is 23.2 Å². The maximum absolute atomic E-state index is 13.2. The zero-order valence-corrected chi connectivity index (χ0v) is 19.3. The molecule has 1 aliphatic heterocycles. The Morgan fingerprint density at radius 2 is 1.94 bits per heavy atom. The second-order valence-corrected chi connectivity index (χ2v) is 9.61. The summed E-state index contributed by atoms with van der Waals surface area (Å²) in [5.74, 6) is -0.997. The van der Waals surface area contributed by atoms with Crippen LogP contribution in [0.3, 0.4) is 0 Å². The van der Waals surface area contributed by atoms with Gasteiger partial charge in [0.1, 0.15) is 12.8 Å². The van der Waals surface area contributed by atoms with Crippen molar-refractivity contribution in [3.05, 3.63) is 39.8 Å². The van der Waals surface area contributed by atoms with Crippen LogP contribution in [0.5, 0.6) is 0 Å². The Kier molecular flexibility index (Phi) is 8.01. The van der Waals surface area contributed by atoms with E-state index in [-0.39, 0.29) is 40.0 Å². The van der Waals surface area contributed by atoms with Crippen molar-refractivity contribution >= 4 is 23.2 Å². The van der Waals surface area contributed by atoms with Gasteiger partial charge >= 0.3 is 6.18 Å². The maximum atomic E-state index is 13.2. The van der Waals surface area contributed by atoms with E-state index in [1.54, 1.807) is 0 Å². The molecule has 2 aliphatic rings. The molecule has 4 nitrogen and oxygen atoms in total. The molecule has 5 unspecified atom stereocenters. The molecule has 1 aromatic rings. The minimum absolute atomic E-state index is 0.00329. The number of alkyl halides is 4. The number of hydrogen-bond donors (Lipinski definition) is 2. The summed E-state index contributed by atoms with van der Waals surface area (Å²) < 4.78 is 52.5. The van der Waals surface area contributed by atoms with Crippen LogP contribution in [0, 0.1) is 17.8 Å². The number of halogens is 6. The highest BCUT2D eigenvalue weighted by atomic mass is 35.5. The van der Waals surface area contributed by atoms with Crippen LogP contribution in [0.4, 0.5) is 17.6 Å². The van der Waals surface area contributed by atoms with Gasteiger partial charge in [0, 0.05) is 30.9 Å². The van der Waals surface area contributed by atoms with Crippen LogP contribution in [0.25, 0.3) is 0 Å². The molecule has 0 aromatic carbocycles. The van der Waals surface area contributed by atoms with Crippen LogP contribution in [0.15, 0.2) is 18.5 Å². The Hall–Kier alpha value is -1.09. The van der Waals surface area contributed by atoms with Gasteiger partial charge in [0.15, 0.2) is 6.10 Å². The normalized spacial score (nSPS) is 28.2. The van der Waals surface area contributed by atoms with Crippen LogP contribution in [-0.4, -0.2) is 51.6 Å². The standard InChI is InChI=1S/C22H28Cl2F4N2O2/c1-11(8-16-17(23)10-29-20(19(16)24)18(31)9-25)30-7-6-14-13(12(30)2)4-3-5-15(14)21(32)22(26,27)28/h10,12-15,18,21,31-32H,1,3-9H2,2H3/t12?,13?,14?,15?,18?,21-/m0/s1. The van der Waals surface area contributed by atoms with Gasteiger partial charge < -0.3 is 15.1 Å². The van der Waals surface area contributed by atoms with E-state index in [1.165, 1.54) is 6.20 Å². The Bertz CT molecular complexity index is 839. The molecule has 6 atom stereocenters. The number of hydrogen-bond acceptors (Lipinski definition) is 4. The molecule has 1 saturated carbocycles. The van der Waals surface area contributed by atoms with Crippen molar-refractivity contribution in [2.24, 2.45) is 17.8 Å². The molecule has 0 spiro atoms. The number of rotatable bonds is 6. The lowest BCUT2D eigenvalue weighted by atomic mass is 9.64. The number of aromatic nitrogens is 1. The Balaban J connectivity index is 1.77. The molecule has 2 heterocycles. The molecular weight excluding hydrogens is 471 g/mol. The number of aliphatic hydroxyl groups excluding tert-OH is 2. The molecule has 32 heavy (non-hydrogen) atoms. The van der Waals surface area contributed by atoms with E-state index < -0.39 is 31.0 Å². The van der Waals surface area contributed by atoms with E-state index >= 15 is 0 Å². The van der Waals surface area contributed by atoms with Gasteiger partial charge in [-0.2, -0.15) is 13.2 Å². The van der Waals surface area contributed by atoms with E-state index in [1.807, 2.05) is 6.92 Å². The first kappa shape index (κ1) is 25.5. The molecule has 1 aliphatic carbocycles. The number of likely N-dealkylation sites (tertiary alicyclic amines) is 1. The summed E-state index contributed by atoms with van der Waals surface area (Å²) >= 11 is 12.6. The van der Waals surface area contributed by atoms with Crippen LogP contribution < -0.4 is 0 Å². The highest BCUT2D eigenvalue weighted by Gasteiger charge is 2.51. The van der Waals surface area contributed by atoms with Gasteiger partial charge in [-0.15, -0.1) is 0 Å². The molecule has 1 saturated heterocycles. The molecule has 180 valence electrons. The molecule has 10 heteroatoms. The molecule has 2 fully saturated rings. The second-order valence-electron chi connectivity index (χ2n) is 8.83. The zero-order chi connectivity index (χ0) is 23.8. The van der Waals surface area contributed by atoms with Crippen LogP contribution in [-0.2, 0) is 6.42 Å². The number of piperidine rings is 1. The zero-order valence-electron chi connectivity index (χ0n) is 17.8. The number of aliphatic hydroxyl groups is 2. The van der Waals surface area contributed by atoms with E-state index in [0.717, 1.165) is 6.42 Å². The highest BCUT2D eigenvalue weighted by Crippen LogP contribution is 2.48. The third-order valence-electron chi connectivity index (χ3n) is 7.07. The van der Waals surface area contributed by atoms with Gasteiger partial charge in [0.25, 0.3) is 0 Å². The van der Waals surface area contributed by atoms with Crippen molar-refractivity contribution in [3.8, 4) is 0 Å². The van der Waals surface area contributed by atoms with Crippen molar-refractivity contribution in [2.45, 2.75) is 63.5 Å². The largest absolute Gasteiger partial charge is 0.414 e. The van der Waals surface area contributed by atoms with Gasteiger partial charge in [-0.1, -0.05) is 36.2 Å². The molecule has 3 rings (SSSR count). The number of allylic oxidation sites excluding steroid dienone is 1. The Labute approximate surface area is 195 Å². The lowest BCUT2D eigenvalue weighted by Crippen LogP contribution is -2.53. The lowest BCUT2D eigenvalue weighted by Gasteiger charge is -2.51. The first-order valence-electron chi connectivity index (χ1n) is 10.7. The lowest BCUT2D eigenvalue weighted by molar-refractivity contribution is -0.232. The highest BCUT2D eigenvalue weighted by molar-refractivity contribution is 6.36. The van der Waals surface area contributed by atoms with Gasteiger partial charge in [-0.05, 0) is 49.5 Å². The van der Waals surface area contributed by atoms with Crippen molar-refractivity contribution in [1.29, 1.82) is 0 Å². The van der Waals surface area contributed by atoms with Gasteiger partial charge in [-0.25, -0.2) is 4.39 Å². The van der Waals surface area contributed by atoms with Crippen LogP contribution in [0.1, 0.15) is 50.0 Å². The molecule has 1 aromatic heterocycles. The van der Waals surface area contributed by atoms with Crippen molar-refractivity contribution in [2.75, 3.05) is 13.2 Å². The summed E-state index contributed by atoms with van der Waals surface area (Å²) in [4.78, 5) is 5.99. The summed E-state index contributed by atoms with van der Waals surface area (Å²) in [6.45, 7) is 5.59. The number of fused-ring (bicyclic) bond motifs is 1. The van der Waals surface area contributed by atoms with E-state index in [9.17, 15) is 27.8 Å². The smallest absolute Gasteiger partial charge is 0.384 e. The topological polar surface area (TPSA) is 56.6 Å². The third kappa shape index (κ3) is 5.03. The van der Waals surface area contributed by atoms with Crippen molar-refractivity contribution in [3.63, 3.8) is 0 Å². The number of nitrogens with zero attached hydrogens (tertiary/aromatic N) is 2. The summed E-state index contributed by atoms with van der Waals surface area (Å²) in [5.41, 5.74) is 1.16. The SMILES string of the molecule is C=C(Cc1c(Cl)cnc(C(O)CF)c1Cl)N1CCC2C(CCCC2[C@H](O)C(F)(F)F)C1C. The van der Waals surface area contributed by atoms with Gasteiger partial charge in [0.05, 0.1) is 15.7 Å². The minimum Gasteiger partial charge on any atom is -0.384 e. The number of pyridine rings is 1. The summed E-state index contributed by atoms with van der Waals surface area (Å²) in [7, 11) is 0. The summed E-state index contributed by atoms with van der Waals surface area (Å²) in [5, 5.41) is 20.1. The first-order chi connectivity index (χ1) is 15.0. The molecule has 0 amide bonds. The fraction of sp³-hybridized carbons (Fsp3) is 0.682. The minimum atomic E-state index is -4.62. The quantitative estimate of drug-likeness (QED) is 0.508. The van der Waals surface area contributed by atoms with E-state index in [0.29, 0.717) is 37.1 Å². The summed E-state index contributed by atoms with van der Waals surface area (Å²) in [6.07, 6.45) is -4.50. The fourth-order valence-electron chi connectivity index (χ4n) is 5.46. The van der Waals surface area contributed by atoms with E-state index in [2.05, 4.69) is 16.5 Å². The second kappa shape index (κ2) is 10.0. The fourth-order valence-corrected chi connectivity index (χ4v) is 6.06.